The van der Waals surface area contributed by atoms with E-state index in [1.165, 1.54) is 0 Å². The second kappa shape index (κ2) is 7.60. The molecule has 28 heavy (non-hydrogen) atoms. The Morgan fingerprint density at radius 1 is 1.18 bits per heavy atom. The van der Waals surface area contributed by atoms with Crippen LogP contribution in [0, 0.1) is 20.8 Å². The number of hydrogen-bond donors (Lipinski definition) is 1. The predicted molar refractivity (Wildman–Crippen MR) is 111 cm³/mol. The van der Waals surface area contributed by atoms with E-state index in [0.29, 0.717) is 32.5 Å². The van der Waals surface area contributed by atoms with Gasteiger partial charge in [0, 0.05) is 5.39 Å². The maximum atomic E-state index is 12.9. The van der Waals surface area contributed by atoms with Gasteiger partial charge < -0.3 is 9.15 Å². The number of nitrogens with one attached hydrogen (secondary N) is 1. The van der Waals surface area contributed by atoms with E-state index in [2.05, 4.69) is 20.7 Å². The van der Waals surface area contributed by atoms with Gasteiger partial charge in [0.05, 0.1) is 21.7 Å². The molecular formula is C20H20BrNO5S. The highest BCUT2D eigenvalue weighted by atomic mass is 79.9. The fourth-order valence-electron chi connectivity index (χ4n) is 3.10. The van der Waals surface area contributed by atoms with E-state index in [4.69, 9.17) is 9.15 Å². The van der Waals surface area contributed by atoms with E-state index >= 15 is 0 Å². The number of rotatable bonds is 5. The summed E-state index contributed by atoms with van der Waals surface area (Å²) in [6, 6.07) is 8.31. The van der Waals surface area contributed by atoms with Crippen LogP contribution in [0.3, 0.4) is 0 Å². The summed E-state index contributed by atoms with van der Waals surface area (Å²) in [5.41, 5.74) is 2.68. The highest BCUT2D eigenvalue weighted by Gasteiger charge is 2.23. The van der Waals surface area contributed by atoms with Crippen molar-refractivity contribution in [1.29, 1.82) is 0 Å². The second-order valence-electron chi connectivity index (χ2n) is 6.46. The normalized spacial score (nSPS) is 11.6. The number of halogens is 1. The second-order valence-corrected chi connectivity index (χ2v) is 8.97. The lowest BCUT2D eigenvalue weighted by atomic mass is 10.1. The van der Waals surface area contributed by atoms with Crippen molar-refractivity contribution in [3.05, 3.63) is 57.3 Å². The Kier molecular flexibility index (Phi) is 5.54. The number of aryl methyl sites for hydroxylation is 3. The Balaban J connectivity index is 2.09. The van der Waals surface area contributed by atoms with Gasteiger partial charge in [-0.2, -0.15) is 0 Å². The van der Waals surface area contributed by atoms with Crippen LogP contribution in [0.4, 0.5) is 5.69 Å². The summed E-state index contributed by atoms with van der Waals surface area (Å²) in [5, 5.41) is 0.476. The molecule has 0 saturated heterocycles. The zero-order chi connectivity index (χ0) is 20.6. The lowest BCUT2D eigenvalue weighted by Crippen LogP contribution is -2.14. The number of anilines is 1. The minimum absolute atomic E-state index is 0.198. The van der Waals surface area contributed by atoms with Crippen molar-refractivity contribution >= 4 is 48.6 Å². The summed E-state index contributed by atoms with van der Waals surface area (Å²) in [4.78, 5) is 12.5. The molecule has 0 amide bonds. The van der Waals surface area contributed by atoms with Crippen LogP contribution in [-0.2, 0) is 14.8 Å². The van der Waals surface area contributed by atoms with E-state index in [-0.39, 0.29) is 17.1 Å². The number of fused-ring (bicyclic) bond motifs is 1. The number of hydrogen-bond acceptors (Lipinski definition) is 5. The average molecular weight is 466 g/mol. The number of carbonyl (C=O) groups is 1. The molecule has 0 fully saturated rings. The van der Waals surface area contributed by atoms with Gasteiger partial charge in [-0.15, -0.1) is 0 Å². The summed E-state index contributed by atoms with van der Waals surface area (Å²) in [6.07, 6.45) is 0. The molecular weight excluding hydrogens is 446 g/mol. The Bertz CT molecular complexity index is 1180. The van der Waals surface area contributed by atoms with Crippen LogP contribution in [0.15, 0.2) is 44.1 Å². The number of benzene rings is 2. The summed E-state index contributed by atoms with van der Waals surface area (Å²) in [7, 11) is -3.80. The first kappa shape index (κ1) is 20.4. The zero-order valence-electron chi connectivity index (χ0n) is 15.9. The molecule has 0 radical (unpaired) electrons. The third kappa shape index (κ3) is 3.79. The van der Waals surface area contributed by atoms with Crippen molar-refractivity contribution in [2.45, 2.75) is 32.6 Å². The van der Waals surface area contributed by atoms with Crippen LogP contribution in [-0.4, -0.2) is 21.0 Å². The predicted octanol–water partition coefficient (Wildman–Crippen LogP) is 5.10. The van der Waals surface area contributed by atoms with Crippen molar-refractivity contribution < 1.29 is 22.4 Å². The minimum Gasteiger partial charge on any atom is -0.462 e. The summed E-state index contributed by atoms with van der Waals surface area (Å²) < 4.78 is 39.6. The molecule has 3 aromatic rings. The highest BCUT2D eigenvalue weighted by molar-refractivity contribution is 9.10. The molecule has 6 nitrogen and oxygen atoms in total. The van der Waals surface area contributed by atoms with Gasteiger partial charge in [-0.05, 0) is 67.4 Å². The summed E-state index contributed by atoms with van der Waals surface area (Å²) in [6.45, 7) is 7.26. The Labute approximate surface area is 172 Å². The van der Waals surface area contributed by atoms with E-state index < -0.39 is 16.0 Å². The van der Waals surface area contributed by atoms with Gasteiger partial charge in [-0.1, -0.05) is 17.7 Å². The number of sulfonamides is 1. The van der Waals surface area contributed by atoms with Gasteiger partial charge in [0.25, 0.3) is 10.0 Å². The zero-order valence-corrected chi connectivity index (χ0v) is 18.3. The van der Waals surface area contributed by atoms with Gasteiger partial charge >= 0.3 is 5.97 Å². The third-order valence-corrected chi connectivity index (χ3v) is 6.40. The largest absolute Gasteiger partial charge is 0.462 e. The fraction of sp³-hybridized carbons (Fsp3) is 0.250. The SMILES string of the molecule is CCOC(=O)c1c(C)oc2c(Br)cc(NS(=O)(=O)c3ccc(C)cc3C)cc12. The molecule has 0 spiro atoms. The summed E-state index contributed by atoms with van der Waals surface area (Å²) in [5.74, 6) is -0.108. The first-order valence-electron chi connectivity index (χ1n) is 8.64. The molecule has 0 aliphatic heterocycles. The van der Waals surface area contributed by atoms with Crippen molar-refractivity contribution in [2.24, 2.45) is 0 Å². The molecule has 0 aliphatic carbocycles. The monoisotopic (exact) mass is 465 g/mol. The van der Waals surface area contributed by atoms with Gasteiger partial charge in [-0.25, -0.2) is 13.2 Å². The first-order valence-corrected chi connectivity index (χ1v) is 10.9. The van der Waals surface area contributed by atoms with Crippen LogP contribution in [0.1, 0.15) is 34.2 Å². The lowest BCUT2D eigenvalue weighted by Gasteiger charge is -2.11. The lowest BCUT2D eigenvalue weighted by molar-refractivity contribution is 0.0526. The molecule has 0 bridgehead atoms. The smallest absolute Gasteiger partial charge is 0.342 e. The number of ether oxygens (including phenoxy) is 1. The van der Waals surface area contributed by atoms with Crippen LogP contribution < -0.4 is 4.72 Å². The third-order valence-electron chi connectivity index (χ3n) is 4.27. The maximum Gasteiger partial charge on any atom is 0.342 e. The van der Waals surface area contributed by atoms with Gasteiger partial charge in [0.15, 0.2) is 0 Å². The highest BCUT2D eigenvalue weighted by Crippen LogP contribution is 2.35. The Hall–Kier alpha value is -2.32. The maximum absolute atomic E-state index is 12.9. The molecule has 1 heterocycles. The Morgan fingerprint density at radius 3 is 2.54 bits per heavy atom. The standard InChI is InChI=1S/C20H20BrNO5S/c1-5-26-20(23)18-13(4)27-19-15(18)9-14(10-16(19)21)22-28(24,25)17-7-6-11(2)8-12(17)3/h6-10,22H,5H2,1-4H3. The van der Waals surface area contributed by atoms with Gasteiger partial charge in [0.2, 0.25) is 0 Å². The molecule has 3 rings (SSSR count). The number of esters is 1. The Morgan fingerprint density at radius 2 is 1.89 bits per heavy atom. The molecule has 148 valence electrons. The molecule has 1 N–H and O–H groups in total. The first-order chi connectivity index (χ1) is 13.1. The quantitative estimate of drug-likeness (QED) is 0.529. The molecule has 0 aliphatic rings. The van der Waals surface area contributed by atoms with Crippen LogP contribution in [0.25, 0.3) is 11.0 Å². The summed E-state index contributed by atoms with van der Waals surface area (Å²) >= 11 is 3.39. The number of furan rings is 1. The van der Waals surface area contributed by atoms with Crippen LogP contribution in [0.5, 0.6) is 0 Å². The minimum atomic E-state index is -3.80. The topological polar surface area (TPSA) is 85.6 Å². The van der Waals surface area contributed by atoms with E-state index in [1.807, 2.05) is 13.0 Å². The molecule has 0 unspecified atom stereocenters. The molecule has 0 saturated carbocycles. The van der Waals surface area contributed by atoms with Gasteiger partial charge in [-0.3, -0.25) is 4.72 Å². The fourth-order valence-corrected chi connectivity index (χ4v) is 4.91. The van der Waals surface area contributed by atoms with Crippen molar-refractivity contribution in [1.82, 2.24) is 0 Å². The van der Waals surface area contributed by atoms with Crippen molar-refractivity contribution in [3.8, 4) is 0 Å². The van der Waals surface area contributed by atoms with E-state index in [0.717, 1.165) is 5.56 Å². The molecule has 2 aromatic carbocycles. The van der Waals surface area contributed by atoms with Crippen molar-refractivity contribution in [2.75, 3.05) is 11.3 Å². The van der Waals surface area contributed by atoms with E-state index in [9.17, 15) is 13.2 Å². The van der Waals surface area contributed by atoms with Crippen molar-refractivity contribution in [3.63, 3.8) is 0 Å². The van der Waals surface area contributed by atoms with Crippen LogP contribution >= 0.6 is 15.9 Å². The average Bonchev–Trinajstić information content (AvgIpc) is 2.91. The van der Waals surface area contributed by atoms with E-state index in [1.54, 1.807) is 45.0 Å². The van der Waals surface area contributed by atoms with Gasteiger partial charge in [0.1, 0.15) is 16.9 Å². The number of carbonyl (C=O) groups excluding carboxylic acids is 1. The molecule has 0 atom stereocenters. The molecule has 1 aromatic heterocycles. The molecule has 8 heteroatoms. The van der Waals surface area contributed by atoms with Crippen LogP contribution in [0.2, 0.25) is 0 Å².